The molecule has 0 aliphatic rings. The minimum atomic E-state index is 0.854. The first-order valence-corrected chi connectivity index (χ1v) is 6.68. The van der Waals surface area contributed by atoms with Gasteiger partial charge in [0.25, 0.3) is 0 Å². The van der Waals surface area contributed by atoms with E-state index in [0.717, 1.165) is 6.54 Å². The first kappa shape index (κ1) is 12.4. The molecule has 98 valence electrons. The summed E-state index contributed by atoms with van der Waals surface area (Å²) in [5.41, 5.74) is 3.71. The SMILES string of the molecule is C(=C/c1cccc(Cn2ccnc2)c1)/c1ccccc1. The summed E-state index contributed by atoms with van der Waals surface area (Å²) in [6.45, 7) is 0.854. The third-order valence-electron chi connectivity index (χ3n) is 3.14. The van der Waals surface area contributed by atoms with Gasteiger partial charge in [-0.05, 0) is 22.8 Å². The fourth-order valence-corrected chi connectivity index (χ4v) is 2.14. The molecule has 0 saturated heterocycles. The second-order valence-electron chi connectivity index (χ2n) is 4.72. The quantitative estimate of drug-likeness (QED) is 0.646. The highest BCUT2D eigenvalue weighted by Gasteiger charge is 1.95. The molecule has 1 heterocycles. The zero-order valence-electron chi connectivity index (χ0n) is 11.2. The van der Waals surface area contributed by atoms with E-state index < -0.39 is 0 Å². The molecular formula is C18H16N2. The smallest absolute Gasteiger partial charge is 0.0949 e. The van der Waals surface area contributed by atoms with E-state index in [-0.39, 0.29) is 0 Å². The van der Waals surface area contributed by atoms with Crippen LogP contribution in [0.1, 0.15) is 16.7 Å². The van der Waals surface area contributed by atoms with Crippen molar-refractivity contribution in [3.63, 3.8) is 0 Å². The Labute approximate surface area is 119 Å². The van der Waals surface area contributed by atoms with E-state index in [0.29, 0.717) is 0 Å². The molecule has 3 rings (SSSR count). The van der Waals surface area contributed by atoms with Gasteiger partial charge in [-0.1, -0.05) is 60.7 Å². The van der Waals surface area contributed by atoms with Crippen molar-refractivity contribution in [2.24, 2.45) is 0 Å². The van der Waals surface area contributed by atoms with Gasteiger partial charge >= 0.3 is 0 Å². The summed E-state index contributed by atoms with van der Waals surface area (Å²) in [4.78, 5) is 4.07. The summed E-state index contributed by atoms with van der Waals surface area (Å²) in [6.07, 6.45) is 9.90. The third kappa shape index (κ3) is 3.23. The monoisotopic (exact) mass is 260 g/mol. The molecule has 0 unspecified atom stereocenters. The van der Waals surface area contributed by atoms with Gasteiger partial charge in [-0.25, -0.2) is 4.98 Å². The summed E-state index contributed by atoms with van der Waals surface area (Å²) in [5, 5.41) is 0. The highest BCUT2D eigenvalue weighted by atomic mass is 15.0. The lowest BCUT2D eigenvalue weighted by molar-refractivity contribution is 0.797. The number of hydrogen-bond acceptors (Lipinski definition) is 1. The van der Waals surface area contributed by atoms with Gasteiger partial charge in [-0.2, -0.15) is 0 Å². The average Bonchev–Trinajstić information content (AvgIpc) is 3.00. The number of imidazole rings is 1. The number of rotatable bonds is 4. The minimum Gasteiger partial charge on any atom is -0.333 e. The van der Waals surface area contributed by atoms with Crippen LogP contribution in [0, 0.1) is 0 Å². The van der Waals surface area contributed by atoms with Crippen molar-refractivity contribution in [3.8, 4) is 0 Å². The summed E-state index contributed by atoms with van der Waals surface area (Å²) >= 11 is 0. The average molecular weight is 260 g/mol. The van der Waals surface area contributed by atoms with Crippen LogP contribution in [0.3, 0.4) is 0 Å². The molecule has 20 heavy (non-hydrogen) atoms. The highest BCUT2D eigenvalue weighted by molar-refractivity contribution is 5.69. The number of nitrogens with zero attached hydrogens (tertiary/aromatic N) is 2. The van der Waals surface area contributed by atoms with Crippen molar-refractivity contribution in [3.05, 3.63) is 90.0 Å². The van der Waals surface area contributed by atoms with E-state index in [1.54, 1.807) is 6.20 Å². The van der Waals surface area contributed by atoms with Crippen LogP contribution in [0.15, 0.2) is 73.3 Å². The van der Waals surface area contributed by atoms with Crippen molar-refractivity contribution in [2.45, 2.75) is 6.54 Å². The lowest BCUT2D eigenvalue weighted by Crippen LogP contribution is -1.96. The molecule has 0 spiro atoms. The molecule has 0 aliphatic heterocycles. The second-order valence-corrected chi connectivity index (χ2v) is 4.72. The van der Waals surface area contributed by atoms with Gasteiger partial charge < -0.3 is 4.57 Å². The molecule has 0 fully saturated rings. The summed E-state index contributed by atoms with van der Waals surface area (Å²) in [5.74, 6) is 0. The van der Waals surface area contributed by atoms with E-state index in [9.17, 15) is 0 Å². The molecule has 0 amide bonds. The first-order valence-electron chi connectivity index (χ1n) is 6.68. The molecule has 0 radical (unpaired) electrons. The second kappa shape index (κ2) is 6.02. The van der Waals surface area contributed by atoms with Crippen LogP contribution in [0.5, 0.6) is 0 Å². The zero-order valence-corrected chi connectivity index (χ0v) is 11.2. The Morgan fingerprint density at radius 1 is 0.900 bits per heavy atom. The summed E-state index contributed by atoms with van der Waals surface area (Å²) < 4.78 is 2.07. The Morgan fingerprint density at radius 2 is 1.70 bits per heavy atom. The Balaban J connectivity index is 1.76. The largest absolute Gasteiger partial charge is 0.333 e. The Morgan fingerprint density at radius 3 is 2.50 bits per heavy atom. The van der Waals surface area contributed by atoms with Crippen molar-refractivity contribution in [1.82, 2.24) is 9.55 Å². The molecule has 0 N–H and O–H groups in total. The van der Waals surface area contributed by atoms with Crippen LogP contribution in [0.4, 0.5) is 0 Å². The molecule has 3 aromatic rings. The van der Waals surface area contributed by atoms with E-state index in [2.05, 4.69) is 70.2 Å². The maximum atomic E-state index is 4.07. The molecule has 0 atom stereocenters. The maximum absolute atomic E-state index is 4.07. The molecule has 0 saturated carbocycles. The molecular weight excluding hydrogens is 244 g/mol. The summed E-state index contributed by atoms with van der Waals surface area (Å²) in [7, 11) is 0. The van der Waals surface area contributed by atoms with Crippen LogP contribution in [-0.2, 0) is 6.54 Å². The van der Waals surface area contributed by atoms with Crippen LogP contribution in [-0.4, -0.2) is 9.55 Å². The van der Waals surface area contributed by atoms with Gasteiger partial charge in [0, 0.05) is 18.9 Å². The van der Waals surface area contributed by atoms with Gasteiger partial charge in [0.15, 0.2) is 0 Å². The van der Waals surface area contributed by atoms with Crippen LogP contribution >= 0.6 is 0 Å². The predicted octanol–water partition coefficient (Wildman–Crippen LogP) is 4.10. The van der Waals surface area contributed by atoms with Gasteiger partial charge in [0.1, 0.15) is 0 Å². The molecule has 1 aromatic heterocycles. The maximum Gasteiger partial charge on any atom is 0.0949 e. The molecule has 0 aliphatic carbocycles. The number of hydrogen-bond donors (Lipinski definition) is 0. The highest BCUT2D eigenvalue weighted by Crippen LogP contribution is 2.11. The van der Waals surface area contributed by atoms with Gasteiger partial charge in [-0.15, -0.1) is 0 Å². The molecule has 2 nitrogen and oxygen atoms in total. The molecule has 2 aromatic carbocycles. The van der Waals surface area contributed by atoms with Gasteiger partial charge in [0.05, 0.1) is 6.33 Å². The zero-order chi connectivity index (χ0) is 13.6. The number of benzene rings is 2. The predicted molar refractivity (Wildman–Crippen MR) is 83.1 cm³/mol. The standard InChI is InChI=1S/C18H16N2/c1-2-5-16(6-3-1)9-10-17-7-4-8-18(13-17)14-20-12-11-19-15-20/h1-13,15H,14H2/b10-9-. The topological polar surface area (TPSA) is 17.8 Å². The van der Waals surface area contributed by atoms with Crippen LogP contribution < -0.4 is 0 Å². The first-order chi connectivity index (χ1) is 9.90. The van der Waals surface area contributed by atoms with Gasteiger partial charge in [-0.3, -0.25) is 0 Å². The summed E-state index contributed by atoms with van der Waals surface area (Å²) in [6, 6.07) is 18.9. The van der Waals surface area contributed by atoms with Crippen LogP contribution in [0.2, 0.25) is 0 Å². The van der Waals surface area contributed by atoms with Gasteiger partial charge in [0.2, 0.25) is 0 Å². The van der Waals surface area contributed by atoms with Crippen molar-refractivity contribution >= 4 is 12.2 Å². The lowest BCUT2D eigenvalue weighted by Gasteiger charge is -2.03. The fourth-order valence-electron chi connectivity index (χ4n) is 2.14. The lowest BCUT2D eigenvalue weighted by atomic mass is 10.1. The number of aromatic nitrogens is 2. The van der Waals surface area contributed by atoms with Crippen LogP contribution in [0.25, 0.3) is 12.2 Å². The Kier molecular flexibility index (Phi) is 3.74. The van der Waals surface area contributed by atoms with E-state index in [4.69, 9.17) is 0 Å². The van der Waals surface area contributed by atoms with E-state index >= 15 is 0 Å². The van der Waals surface area contributed by atoms with Crippen molar-refractivity contribution < 1.29 is 0 Å². The normalized spacial score (nSPS) is 11.0. The van der Waals surface area contributed by atoms with E-state index in [1.165, 1.54) is 16.7 Å². The Bertz CT molecular complexity index is 682. The fraction of sp³-hybridized carbons (Fsp3) is 0.0556. The van der Waals surface area contributed by atoms with Crippen molar-refractivity contribution in [2.75, 3.05) is 0 Å². The third-order valence-corrected chi connectivity index (χ3v) is 3.14. The molecule has 2 heteroatoms. The van der Waals surface area contributed by atoms with E-state index in [1.807, 2.05) is 18.6 Å². The minimum absolute atomic E-state index is 0.854. The molecule has 0 bridgehead atoms. The van der Waals surface area contributed by atoms with Crippen molar-refractivity contribution in [1.29, 1.82) is 0 Å². The Hall–Kier alpha value is -2.61.